The standard InChI is InChI=1S/C24H24N4O4S2/c1-15-22(33-24(26-15)27-23(29)17-5-3-4-6-17)18-9-12-20(32-2)21(13-18)34(30,31)28-19-10-7-16(14-25)8-11-19/h7-13,17,28H,3-6H2,1-2H3,(H,26,27,29). The number of carbonyl (C=O) groups excluding carboxylic acids is 1. The number of nitrogens with zero attached hydrogens (tertiary/aromatic N) is 2. The van der Waals surface area contributed by atoms with E-state index in [1.807, 2.05) is 13.0 Å². The van der Waals surface area contributed by atoms with Crippen LogP contribution in [0.5, 0.6) is 5.75 Å². The fraction of sp³-hybridized carbons (Fsp3) is 0.292. The number of hydrogen-bond donors (Lipinski definition) is 2. The molecule has 0 unspecified atom stereocenters. The van der Waals surface area contributed by atoms with Crippen LogP contribution in [0, 0.1) is 24.2 Å². The van der Waals surface area contributed by atoms with Crippen LogP contribution in [0.15, 0.2) is 47.4 Å². The predicted molar refractivity (Wildman–Crippen MR) is 131 cm³/mol. The molecular weight excluding hydrogens is 472 g/mol. The summed E-state index contributed by atoms with van der Waals surface area (Å²) in [6, 6.07) is 13.0. The van der Waals surface area contributed by atoms with E-state index in [2.05, 4.69) is 15.0 Å². The average molecular weight is 497 g/mol. The van der Waals surface area contributed by atoms with E-state index >= 15 is 0 Å². The van der Waals surface area contributed by atoms with Crippen LogP contribution in [-0.2, 0) is 14.8 Å². The Labute approximate surface area is 202 Å². The third-order valence-electron chi connectivity index (χ3n) is 5.73. The zero-order chi connectivity index (χ0) is 24.3. The Morgan fingerprint density at radius 1 is 1.18 bits per heavy atom. The molecular formula is C24H24N4O4S2. The van der Waals surface area contributed by atoms with Crippen LogP contribution in [0.1, 0.15) is 36.9 Å². The van der Waals surface area contributed by atoms with Gasteiger partial charge < -0.3 is 10.1 Å². The van der Waals surface area contributed by atoms with Crippen molar-refractivity contribution in [2.75, 3.05) is 17.1 Å². The van der Waals surface area contributed by atoms with Crippen molar-refractivity contribution in [1.29, 1.82) is 5.26 Å². The number of nitriles is 1. The van der Waals surface area contributed by atoms with Gasteiger partial charge in [-0.2, -0.15) is 5.26 Å². The molecule has 4 rings (SSSR count). The lowest BCUT2D eigenvalue weighted by Gasteiger charge is -2.13. The Kier molecular flexibility index (Phi) is 6.86. The summed E-state index contributed by atoms with van der Waals surface area (Å²) >= 11 is 1.31. The second-order valence-electron chi connectivity index (χ2n) is 8.06. The number of carbonyl (C=O) groups is 1. The summed E-state index contributed by atoms with van der Waals surface area (Å²) in [5, 5.41) is 12.4. The van der Waals surface area contributed by atoms with Gasteiger partial charge in [0.25, 0.3) is 10.0 Å². The van der Waals surface area contributed by atoms with Gasteiger partial charge in [-0.05, 0) is 67.8 Å². The van der Waals surface area contributed by atoms with E-state index in [0.29, 0.717) is 27.6 Å². The molecule has 0 saturated heterocycles. The van der Waals surface area contributed by atoms with Crippen molar-refractivity contribution in [3.8, 4) is 22.3 Å². The first kappa shape index (κ1) is 23.7. The summed E-state index contributed by atoms with van der Waals surface area (Å²) in [5.41, 5.74) is 2.11. The molecule has 1 amide bonds. The fourth-order valence-electron chi connectivity index (χ4n) is 3.96. The molecule has 0 radical (unpaired) electrons. The number of amides is 1. The van der Waals surface area contributed by atoms with Gasteiger partial charge in [-0.1, -0.05) is 24.2 Å². The van der Waals surface area contributed by atoms with Gasteiger partial charge in [0.1, 0.15) is 10.6 Å². The molecule has 1 aromatic heterocycles. The van der Waals surface area contributed by atoms with Gasteiger partial charge in [-0.3, -0.25) is 9.52 Å². The van der Waals surface area contributed by atoms with Crippen molar-refractivity contribution in [2.24, 2.45) is 5.92 Å². The maximum Gasteiger partial charge on any atom is 0.265 e. The zero-order valence-electron chi connectivity index (χ0n) is 18.8. The second kappa shape index (κ2) is 9.83. The lowest BCUT2D eigenvalue weighted by atomic mass is 10.1. The molecule has 176 valence electrons. The molecule has 1 saturated carbocycles. The highest BCUT2D eigenvalue weighted by atomic mass is 32.2. The van der Waals surface area contributed by atoms with Crippen LogP contribution >= 0.6 is 11.3 Å². The maximum absolute atomic E-state index is 13.2. The first-order valence-corrected chi connectivity index (χ1v) is 13.1. The number of benzene rings is 2. The van der Waals surface area contributed by atoms with Gasteiger partial charge in [-0.25, -0.2) is 13.4 Å². The van der Waals surface area contributed by atoms with Crippen molar-refractivity contribution >= 4 is 38.1 Å². The van der Waals surface area contributed by atoms with E-state index in [1.54, 1.807) is 12.1 Å². The number of methoxy groups -OCH3 is 1. The summed E-state index contributed by atoms with van der Waals surface area (Å²) in [5.74, 6) is 0.211. The third-order valence-corrected chi connectivity index (χ3v) is 8.26. The Hall–Kier alpha value is -3.42. The zero-order valence-corrected chi connectivity index (χ0v) is 20.4. The molecule has 1 fully saturated rings. The van der Waals surface area contributed by atoms with Crippen LogP contribution < -0.4 is 14.8 Å². The van der Waals surface area contributed by atoms with E-state index in [0.717, 1.165) is 30.6 Å². The quantitative estimate of drug-likeness (QED) is 0.478. The number of ether oxygens (including phenoxy) is 1. The minimum absolute atomic E-state index is 0.0117. The Morgan fingerprint density at radius 2 is 1.88 bits per heavy atom. The molecule has 0 aliphatic heterocycles. The monoisotopic (exact) mass is 496 g/mol. The SMILES string of the molecule is COc1ccc(-c2sc(NC(=O)C3CCCC3)nc2C)cc1S(=O)(=O)Nc1ccc(C#N)cc1. The molecule has 0 atom stereocenters. The lowest BCUT2D eigenvalue weighted by molar-refractivity contribution is -0.119. The smallest absolute Gasteiger partial charge is 0.265 e. The summed E-state index contributed by atoms with van der Waals surface area (Å²) < 4.78 is 34.2. The summed E-state index contributed by atoms with van der Waals surface area (Å²) in [7, 11) is -2.58. The predicted octanol–water partition coefficient (Wildman–Crippen LogP) is 4.93. The van der Waals surface area contributed by atoms with Crippen LogP contribution in [0.2, 0.25) is 0 Å². The normalized spacial score (nSPS) is 13.9. The molecule has 10 heteroatoms. The van der Waals surface area contributed by atoms with Crippen LogP contribution in [0.25, 0.3) is 10.4 Å². The highest BCUT2D eigenvalue weighted by Gasteiger charge is 2.25. The molecule has 1 heterocycles. The number of aromatic nitrogens is 1. The van der Waals surface area contributed by atoms with Gasteiger partial charge in [0.05, 0.1) is 29.3 Å². The van der Waals surface area contributed by atoms with Crippen molar-refractivity contribution in [3.63, 3.8) is 0 Å². The topological polar surface area (TPSA) is 121 Å². The van der Waals surface area contributed by atoms with Crippen LogP contribution in [0.3, 0.4) is 0 Å². The summed E-state index contributed by atoms with van der Waals surface area (Å²) in [6.45, 7) is 1.82. The molecule has 34 heavy (non-hydrogen) atoms. The van der Waals surface area contributed by atoms with E-state index in [4.69, 9.17) is 10.00 Å². The molecule has 0 bridgehead atoms. The number of nitrogens with one attached hydrogen (secondary N) is 2. The number of hydrogen-bond acceptors (Lipinski definition) is 7. The summed E-state index contributed by atoms with van der Waals surface area (Å²) in [6.07, 6.45) is 3.93. The number of sulfonamides is 1. The second-order valence-corrected chi connectivity index (χ2v) is 10.7. The highest BCUT2D eigenvalue weighted by molar-refractivity contribution is 7.92. The minimum atomic E-state index is -3.99. The molecule has 2 N–H and O–H groups in total. The van der Waals surface area contributed by atoms with Gasteiger partial charge in [0, 0.05) is 11.6 Å². The van der Waals surface area contributed by atoms with E-state index < -0.39 is 10.0 Å². The molecule has 2 aromatic carbocycles. The van der Waals surface area contributed by atoms with Gasteiger partial charge in [0.15, 0.2) is 5.13 Å². The molecule has 8 nitrogen and oxygen atoms in total. The highest BCUT2D eigenvalue weighted by Crippen LogP contribution is 2.37. The lowest BCUT2D eigenvalue weighted by Crippen LogP contribution is -2.20. The molecule has 0 spiro atoms. The molecule has 3 aromatic rings. The van der Waals surface area contributed by atoms with Crippen LogP contribution in [0.4, 0.5) is 10.8 Å². The van der Waals surface area contributed by atoms with Crippen molar-refractivity contribution in [2.45, 2.75) is 37.5 Å². The van der Waals surface area contributed by atoms with E-state index in [1.165, 1.54) is 48.8 Å². The molecule has 1 aliphatic carbocycles. The minimum Gasteiger partial charge on any atom is -0.495 e. The van der Waals surface area contributed by atoms with Crippen molar-refractivity contribution in [3.05, 3.63) is 53.7 Å². The first-order chi connectivity index (χ1) is 16.3. The number of thiazole rings is 1. The average Bonchev–Trinajstić information content (AvgIpc) is 3.49. The van der Waals surface area contributed by atoms with E-state index in [-0.39, 0.29) is 22.5 Å². The van der Waals surface area contributed by atoms with Crippen molar-refractivity contribution < 1.29 is 17.9 Å². The molecule has 1 aliphatic rings. The first-order valence-electron chi connectivity index (χ1n) is 10.8. The van der Waals surface area contributed by atoms with Crippen molar-refractivity contribution in [1.82, 2.24) is 4.98 Å². The maximum atomic E-state index is 13.2. The van der Waals surface area contributed by atoms with Crippen LogP contribution in [-0.4, -0.2) is 26.4 Å². The Bertz CT molecular complexity index is 1350. The summed E-state index contributed by atoms with van der Waals surface area (Å²) in [4.78, 5) is 17.7. The fourth-order valence-corrected chi connectivity index (χ4v) is 6.18. The number of aryl methyl sites for hydroxylation is 1. The van der Waals surface area contributed by atoms with E-state index in [9.17, 15) is 13.2 Å². The Morgan fingerprint density at radius 3 is 2.53 bits per heavy atom. The Balaban J connectivity index is 1.62. The van der Waals surface area contributed by atoms with Gasteiger partial charge >= 0.3 is 0 Å². The van der Waals surface area contributed by atoms with Gasteiger partial charge in [0.2, 0.25) is 5.91 Å². The third kappa shape index (κ3) is 5.05. The van der Waals surface area contributed by atoms with Gasteiger partial charge in [-0.15, -0.1) is 0 Å². The number of anilines is 2. The largest absolute Gasteiger partial charge is 0.495 e. The number of rotatable bonds is 7.